The Morgan fingerprint density at radius 1 is 1.10 bits per heavy atom. The Bertz CT molecular complexity index is 622. The van der Waals surface area contributed by atoms with Gasteiger partial charge in [0.15, 0.2) is 0 Å². The molecule has 110 valence electrons. The predicted octanol–water partition coefficient (Wildman–Crippen LogP) is 4.43. The number of hydrogen-bond acceptors (Lipinski definition) is 2. The highest BCUT2D eigenvalue weighted by Gasteiger charge is 2.20. The van der Waals surface area contributed by atoms with Crippen LogP contribution in [0.25, 0.3) is 0 Å². The highest BCUT2D eigenvalue weighted by Crippen LogP contribution is 2.25. The van der Waals surface area contributed by atoms with Crippen LogP contribution in [-0.2, 0) is 13.0 Å². The summed E-state index contributed by atoms with van der Waals surface area (Å²) in [5, 5.41) is 3.39. The summed E-state index contributed by atoms with van der Waals surface area (Å²) in [6.07, 6.45) is 3.40. The molecule has 2 aromatic rings. The van der Waals surface area contributed by atoms with Crippen molar-refractivity contribution in [3.05, 3.63) is 59.4 Å². The highest BCUT2D eigenvalue weighted by atomic mass is 19.1. The third-order valence-corrected chi connectivity index (χ3v) is 3.65. The molecular weight excluding hydrogens is 265 g/mol. The maximum Gasteiger partial charge on any atom is 0.130 e. The monoisotopic (exact) mass is 285 g/mol. The summed E-state index contributed by atoms with van der Waals surface area (Å²) in [7, 11) is 0. The quantitative estimate of drug-likeness (QED) is 0.847. The van der Waals surface area contributed by atoms with Crippen molar-refractivity contribution < 1.29 is 9.13 Å². The van der Waals surface area contributed by atoms with E-state index in [2.05, 4.69) is 18.3 Å². The van der Waals surface area contributed by atoms with E-state index in [1.54, 1.807) is 6.07 Å². The molecular formula is C18H20FNO. The van der Waals surface area contributed by atoms with Gasteiger partial charge in [-0.1, -0.05) is 19.1 Å². The average molecular weight is 285 g/mol. The van der Waals surface area contributed by atoms with E-state index in [1.807, 2.05) is 24.3 Å². The minimum atomic E-state index is -0.258. The van der Waals surface area contributed by atoms with Gasteiger partial charge in [-0.3, -0.25) is 0 Å². The second-order valence-electron chi connectivity index (χ2n) is 5.55. The van der Waals surface area contributed by atoms with Crippen LogP contribution >= 0.6 is 0 Å². The second kappa shape index (κ2) is 6.27. The summed E-state index contributed by atoms with van der Waals surface area (Å²) in [5.41, 5.74) is 2.13. The van der Waals surface area contributed by atoms with Gasteiger partial charge < -0.3 is 10.1 Å². The first-order valence-corrected chi connectivity index (χ1v) is 7.52. The summed E-state index contributed by atoms with van der Waals surface area (Å²) in [6.45, 7) is 2.79. The maximum atomic E-state index is 13.7. The predicted molar refractivity (Wildman–Crippen MR) is 82.2 cm³/mol. The molecule has 0 amide bonds. The van der Waals surface area contributed by atoms with Gasteiger partial charge in [-0.05, 0) is 54.7 Å². The van der Waals surface area contributed by atoms with Crippen LogP contribution in [0.4, 0.5) is 4.39 Å². The second-order valence-corrected chi connectivity index (χ2v) is 5.55. The Morgan fingerprint density at radius 2 is 1.90 bits per heavy atom. The maximum absolute atomic E-state index is 13.7. The molecule has 3 heteroatoms. The van der Waals surface area contributed by atoms with Crippen LogP contribution in [0.15, 0.2) is 42.5 Å². The Labute approximate surface area is 125 Å². The van der Waals surface area contributed by atoms with Crippen molar-refractivity contribution in [1.82, 2.24) is 5.32 Å². The average Bonchev–Trinajstić information content (AvgIpc) is 3.29. The van der Waals surface area contributed by atoms with Crippen LogP contribution in [0.5, 0.6) is 11.5 Å². The summed E-state index contributed by atoms with van der Waals surface area (Å²) < 4.78 is 19.5. The lowest BCUT2D eigenvalue weighted by Gasteiger charge is -2.10. The van der Waals surface area contributed by atoms with Crippen molar-refractivity contribution >= 4 is 0 Å². The molecule has 0 atom stereocenters. The molecule has 0 aromatic heterocycles. The van der Waals surface area contributed by atoms with E-state index < -0.39 is 0 Å². The Hall–Kier alpha value is -1.87. The van der Waals surface area contributed by atoms with Crippen molar-refractivity contribution in [3.63, 3.8) is 0 Å². The zero-order valence-corrected chi connectivity index (χ0v) is 12.2. The first kappa shape index (κ1) is 14.1. The molecule has 0 radical (unpaired) electrons. The van der Waals surface area contributed by atoms with E-state index in [9.17, 15) is 4.39 Å². The van der Waals surface area contributed by atoms with Crippen LogP contribution < -0.4 is 10.1 Å². The molecule has 1 aliphatic rings. The number of ether oxygens (including phenoxy) is 1. The Kier molecular flexibility index (Phi) is 4.20. The fourth-order valence-corrected chi connectivity index (χ4v) is 2.30. The van der Waals surface area contributed by atoms with Crippen molar-refractivity contribution in [3.8, 4) is 11.5 Å². The molecule has 0 unspecified atom stereocenters. The van der Waals surface area contributed by atoms with Crippen molar-refractivity contribution in [2.24, 2.45) is 0 Å². The molecule has 1 fully saturated rings. The summed E-state index contributed by atoms with van der Waals surface area (Å²) >= 11 is 0. The lowest BCUT2D eigenvalue weighted by Crippen LogP contribution is -2.15. The molecule has 0 heterocycles. The molecule has 2 nitrogen and oxygen atoms in total. The highest BCUT2D eigenvalue weighted by molar-refractivity contribution is 5.36. The van der Waals surface area contributed by atoms with E-state index in [0.29, 0.717) is 18.3 Å². The van der Waals surface area contributed by atoms with Crippen LogP contribution in [0.2, 0.25) is 0 Å². The van der Waals surface area contributed by atoms with Gasteiger partial charge in [-0.25, -0.2) is 4.39 Å². The zero-order valence-electron chi connectivity index (χ0n) is 12.2. The van der Waals surface area contributed by atoms with Crippen molar-refractivity contribution in [2.75, 3.05) is 0 Å². The summed E-state index contributed by atoms with van der Waals surface area (Å²) in [6, 6.07) is 13.4. The first-order valence-electron chi connectivity index (χ1n) is 7.52. The molecule has 3 rings (SSSR count). The Balaban J connectivity index is 1.73. The number of nitrogens with one attached hydrogen (secondary N) is 1. The molecule has 0 aliphatic heterocycles. The third-order valence-electron chi connectivity index (χ3n) is 3.65. The van der Waals surface area contributed by atoms with Gasteiger partial charge in [-0.15, -0.1) is 0 Å². The lowest BCUT2D eigenvalue weighted by atomic mass is 10.1. The first-order chi connectivity index (χ1) is 10.2. The standard InChI is InChI=1S/C18H20FNO/c1-2-13-4-3-5-17(9-13)21-18-10-14(8-15(19)11-18)12-20-16-6-7-16/h3-5,8-11,16,20H,2,6-7,12H2,1H3. The van der Waals surface area contributed by atoms with Gasteiger partial charge >= 0.3 is 0 Å². The van der Waals surface area contributed by atoms with Crippen molar-refractivity contribution in [2.45, 2.75) is 38.8 Å². The molecule has 1 saturated carbocycles. The third kappa shape index (κ3) is 4.05. The van der Waals surface area contributed by atoms with Gasteiger partial charge in [-0.2, -0.15) is 0 Å². The van der Waals surface area contributed by atoms with Crippen molar-refractivity contribution in [1.29, 1.82) is 0 Å². The number of rotatable bonds is 6. The largest absolute Gasteiger partial charge is 0.457 e. The number of halogens is 1. The van der Waals surface area contributed by atoms with Gasteiger partial charge in [0.25, 0.3) is 0 Å². The van der Waals surface area contributed by atoms with Crippen LogP contribution in [-0.4, -0.2) is 6.04 Å². The van der Waals surface area contributed by atoms with E-state index >= 15 is 0 Å². The van der Waals surface area contributed by atoms with E-state index in [4.69, 9.17) is 4.74 Å². The minimum absolute atomic E-state index is 0.258. The SMILES string of the molecule is CCc1cccc(Oc2cc(F)cc(CNC3CC3)c2)c1. The lowest BCUT2D eigenvalue weighted by molar-refractivity contribution is 0.474. The van der Waals surface area contributed by atoms with E-state index in [0.717, 1.165) is 17.7 Å². The molecule has 21 heavy (non-hydrogen) atoms. The minimum Gasteiger partial charge on any atom is -0.457 e. The topological polar surface area (TPSA) is 21.3 Å². The van der Waals surface area contributed by atoms with Gasteiger partial charge in [0.1, 0.15) is 17.3 Å². The summed E-state index contributed by atoms with van der Waals surface area (Å²) in [4.78, 5) is 0. The number of hydrogen-bond donors (Lipinski definition) is 1. The molecule has 0 spiro atoms. The normalized spacial score (nSPS) is 14.2. The fraction of sp³-hybridized carbons (Fsp3) is 0.333. The molecule has 0 saturated heterocycles. The van der Waals surface area contributed by atoms with E-state index in [-0.39, 0.29) is 5.82 Å². The Morgan fingerprint density at radius 3 is 2.67 bits per heavy atom. The van der Waals surface area contributed by atoms with Crippen LogP contribution in [0, 0.1) is 5.82 Å². The summed E-state index contributed by atoms with van der Waals surface area (Å²) in [5.74, 6) is 1.05. The zero-order chi connectivity index (χ0) is 14.7. The molecule has 0 bridgehead atoms. The van der Waals surface area contributed by atoms with Crippen LogP contribution in [0.3, 0.4) is 0 Å². The smallest absolute Gasteiger partial charge is 0.130 e. The van der Waals surface area contributed by atoms with E-state index in [1.165, 1.54) is 24.5 Å². The van der Waals surface area contributed by atoms with Crippen LogP contribution in [0.1, 0.15) is 30.9 Å². The molecule has 1 aliphatic carbocycles. The van der Waals surface area contributed by atoms with Gasteiger partial charge in [0.2, 0.25) is 0 Å². The fourth-order valence-electron chi connectivity index (χ4n) is 2.30. The molecule has 1 N–H and O–H groups in total. The van der Waals surface area contributed by atoms with Gasteiger partial charge in [0, 0.05) is 18.7 Å². The van der Waals surface area contributed by atoms with Gasteiger partial charge in [0.05, 0.1) is 0 Å². The number of benzene rings is 2. The molecule has 2 aromatic carbocycles. The number of aryl methyl sites for hydroxylation is 1.